The zero-order valence-electron chi connectivity index (χ0n) is 12.5. The summed E-state index contributed by atoms with van der Waals surface area (Å²) in [4.78, 5) is 17.9. The fourth-order valence-corrected chi connectivity index (χ4v) is 2.19. The van der Waals surface area contributed by atoms with E-state index in [-0.39, 0.29) is 12.1 Å². The third-order valence-electron chi connectivity index (χ3n) is 3.01. The molecule has 1 aromatic rings. The van der Waals surface area contributed by atoms with Gasteiger partial charge in [0.25, 0.3) is 0 Å². The van der Waals surface area contributed by atoms with Crippen LogP contribution in [0.2, 0.25) is 0 Å². The molecule has 0 radical (unpaired) electrons. The van der Waals surface area contributed by atoms with Crippen LogP contribution in [0.4, 0.5) is 4.79 Å². The lowest BCUT2D eigenvalue weighted by molar-refractivity contribution is 0.0265. The predicted molar refractivity (Wildman–Crippen MR) is 77.0 cm³/mol. The van der Waals surface area contributed by atoms with Crippen LogP contribution in [0.25, 0.3) is 5.57 Å². The number of aryl methyl sites for hydroxylation is 1. The van der Waals surface area contributed by atoms with Gasteiger partial charge in [-0.05, 0) is 26.3 Å². The third-order valence-corrected chi connectivity index (χ3v) is 3.01. The van der Waals surface area contributed by atoms with Crippen LogP contribution >= 0.6 is 0 Å². The van der Waals surface area contributed by atoms with Gasteiger partial charge in [0.2, 0.25) is 0 Å². The van der Waals surface area contributed by atoms with Gasteiger partial charge in [-0.2, -0.15) is 0 Å². The molecule has 1 aromatic heterocycles. The molecular weight excluding hydrogens is 256 g/mol. The monoisotopic (exact) mass is 278 g/mol. The number of hydrogen-bond acceptors (Lipinski definition) is 4. The van der Waals surface area contributed by atoms with Gasteiger partial charge >= 0.3 is 6.09 Å². The number of rotatable bonds is 1. The number of carbonyl (C=O) groups excluding carboxylic acids is 1. The molecule has 1 amide bonds. The van der Waals surface area contributed by atoms with E-state index in [0.29, 0.717) is 13.1 Å². The summed E-state index contributed by atoms with van der Waals surface area (Å²) in [5, 5.41) is 0. The molecule has 20 heavy (non-hydrogen) atoms. The molecule has 0 fully saturated rings. The molecule has 1 unspecified atom stereocenters. The summed E-state index contributed by atoms with van der Waals surface area (Å²) in [6.45, 7) is 6.52. The zero-order valence-corrected chi connectivity index (χ0v) is 12.5. The Morgan fingerprint density at radius 2 is 2.20 bits per heavy atom. The van der Waals surface area contributed by atoms with Gasteiger partial charge in [0.05, 0.1) is 24.8 Å². The van der Waals surface area contributed by atoms with Crippen molar-refractivity contribution < 1.29 is 9.53 Å². The molecule has 0 saturated carbocycles. The first-order chi connectivity index (χ1) is 9.26. The maximum absolute atomic E-state index is 12.2. The summed E-state index contributed by atoms with van der Waals surface area (Å²) in [6.07, 6.45) is 5.16. The Labute approximate surface area is 119 Å². The van der Waals surface area contributed by atoms with E-state index in [9.17, 15) is 4.79 Å². The lowest BCUT2D eigenvalue weighted by Crippen LogP contribution is -2.46. The van der Waals surface area contributed by atoms with Crippen molar-refractivity contribution in [3.8, 4) is 0 Å². The molecule has 0 saturated heterocycles. The predicted octanol–water partition coefficient (Wildman–Crippen LogP) is 1.38. The van der Waals surface area contributed by atoms with Crippen LogP contribution in [0.3, 0.4) is 0 Å². The summed E-state index contributed by atoms with van der Waals surface area (Å²) in [6, 6.07) is -0.193. The van der Waals surface area contributed by atoms with Crippen molar-refractivity contribution in [1.82, 2.24) is 14.5 Å². The minimum Gasteiger partial charge on any atom is -0.444 e. The van der Waals surface area contributed by atoms with Crippen molar-refractivity contribution in [3.63, 3.8) is 0 Å². The van der Waals surface area contributed by atoms with Gasteiger partial charge in [0.15, 0.2) is 0 Å². The lowest BCUT2D eigenvalue weighted by atomic mass is 10.0. The van der Waals surface area contributed by atoms with Crippen molar-refractivity contribution in [2.24, 2.45) is 12.8 Å². The van der Waals surface area contributed by atoms with Crippen molar-refractivity contribution in [2.45, 2.75) is 32.4 Å². The molecule has 1 aliphatic rings. The summed E-state index contributed by atoms with van der Waals surface area (Å²) in [5.74, 6) is 0. The average molecular weight is 278 g/mol. The van der Waals surface area contributed by atoms with E-state index in [1.165, 1.54) is 0 Å². The fourth-order valence-electron chi connectivity index (χ4n) is 2.19. The normalized spacial score (nSPS) is 19.8. The number of aromatic nitrogens is 2. The topological polar surface area (TPSA) is 73.4 Å². The van der Waals surface area contributed by atoms with E-state index < -0.39 is 5.60 Å². The lowest BCUT2D eigenvalue weighted by Gasteiger charge is -2.32. The van der Waals surface area contributed by atoms with Crippen LogP contribution in [0.1, 0.15) is 26.5 Å². The molecule has 6 heteroatoms. The minimum atomic E-state index is -0.505. The van der Waals surface area contributed by atoms with E-state index in [2.05, 4.69) is 4.98 Å². The highest BCUT2D eigenvalue weighted by molar-refractivity contribution is 5.75. The summed E-state index contributed by atoms with van der Waals surface area (Å²) < 4.78 is 7.32. The van der Waals surface area contributed by atoms with Gasteiger partial charge in [0.1, 0.15) is 5.60 Å². The highest BCUT2D eigenvalue weighted by atomic mass is 16.6. The molecule has 2 N–H and O–H groups in total. The molecule has 0 aromatic carbocycles. The second-order valence-corrected chi connectivity index (χ2v) is 6.11. The zero-order chi connectivity index (χ0) is 14.9. The number of nitrogens with zero attached hydrogens (tertiary/aromatic N) is 3. The van der Waals surface area contributed by atoms with Crippen molar-refractivity contribution >= 4 is 11.7 Å². The second kappa shape index (κ2) is 5.28. The quantitative estimate of drug-likeness (QED) is 0.842. The Morgan fingerprint density at radius 3 is 2.75 bits per heavy atom. The second-order valence-electron chi connectivity index (χ2n) is 6.11. The maximum Gasteiger partial charge on any atom is 0.410 e. The summed E-state index contributed by atoms with van der Waals surface area (Å²) in [5.41, 5.74) is 7.47. The van der Waals surface area contributed by atoms with Gasteiger partial charge in [-0.1, -0.05) is 6.08 Å². The first-order valence-electron chi connectivity index (χ1n) is 6.67. The molecular formula is C14H22N4O2. The summed E-state index contributed by atoms with van der Waals surface area (Å²) >= 11 is 0. The maximum atomic E-state index is 12.2. The first kappa shape index (κ1) is 14.6. The fraction of sp³-hybridized carbons (Fsp3) is 0.571. The molecule has 2 heterocycles. The molecule has 1 aliphatic heterocycles. The Kier molecular flexibility index (Phi) is 3.85. The van der Waals surface area contributed by atoms with Crippen LogP contribution in [0.15, 0.2) is 18.6 Å². The largest absolute Gasteiger partial charge is 0.444 e. The van der Waals surface area contributed by atoms with E-state index in [4.69, 9.17) is 10.5 Å². The smallest absolute Gasteiger partial charge is 0.410 e. The van der Waals surface area contributed by atoms with Gasteiger partial charge in [0, 0.05) is 19.6 Å². The van der Waals surface area contributed by atoms with Gasteiger partial charge < -0.3 is 19.9 Å². The van der Waals surface area contributed by atoms with Crippen LogP contribution in [0, 0.1) is 0 Å². The molecule has 0 spiro atoms. The molecule has 0 aliphatic carbocycles. The molecule has 2 rings (SSSR count). The number of imidazole rings is 1. The van der Waals surface area contributed by atoms with Gasteiger partial charge in [-0.15, -0.1) is 0 Å². The highest BCUT2D eigenvalue weighted by Crippen LogP contribution is 2.21. The molecule has 0 bridgehead atoms. The Bertz CT molecular complexity index is 528. The van der Waals surface area contributed by atoms with Crippen LogP contribution in [0.5, 0.6) is 0 Å². The number of carbonyl (C=O) groups is 1. The van der Waals surface area contributed by atoms with E-state index in [0.717, 1.165) is 11.3 Å². The van der Waals surface area contributed by atoms with E-state index in [1.54, 1.807) is 17.4 Å². The number of ether oxygens (including phenoxy) is 1. The van der Waals surface area contributed by atoms with Gasteiger partial charge in [-0.25, -0.2) is 9.78 Å². The Morgan fingerprint density at radius 1 is 1.50 bits per heavy atom. The van der Waals surface area contributed by atoms with Crippen LogP contribution in [-0.2, 0) is 11.8 Å². The Balaban J connectivity index is 2.15. The summed E-state index contributed by atoms with van der Waals surface area (Å²) in [7, 11) is 1.92. The highest BCUT2D eigenvalue weighted by Gasteiger charge is 2.27. The number of hydrogen-bond donors (Lipinski definition) is 1. The first-order valence-corrected chi connectivity index (χ1v) is 6.67. The minimum absolute atomic E-state index is 0.193. The molecule has 110 valence electrons. The number of nitrogens with two attached hydrogens (primary N) is 1. The molecule has 6 nitrogen and oxygen atoms in total. The SMILES string of the molecule is Cn1cncc1C1=CC(N)CN(C(=O)OC(C)(C)C)C1. The van der Waals surface area contributed by atoms with Crippen LogP contribution < -0.4 is 5.73 Å². The van der Waals surface area contributed by atoms with E-state index >= 15 is 0 Å². The van der Waals surface area contributed by atoms with Crippen LogP contribution in [-0.4, -0.2) is 45.3 Å². The van der Waals surface area contributed by atoms with Gasteiger partial charge in [-0.3, -0.25) is 0 Å². The Hall–Kier alpha value is -1.82. The van der Waals surface area contributed by atoms with Crippen molar-refractivity contribution in [1.29, 1.82) is 0 Å². The molecule has 1 atom stereocenters. The van der Waals surface area contributed by atoms with E-state index in [1.807, 2.05) is 38.5 Å². The average Bonchev–Trinajstić information content (AvgIpc) is 2.72. The standard InChI is InChI=1S/C14H22N4O2/c1-14(2,3)20-13(19)18-7-10(5-11(15)8-18)12-6-16-9-17(12)4/h5-6,9,11H,7-8,15H2,1-4H3. The third kappa shape index (κ3) is 3.39. The number of amides is 1. The van der Waals surface area contributed by atoms with Crippen molar-refractivity contribution in [3.05, 3.63) is 24.3 Å². The van der Waals surface area contributed by atoms with Crippen molar-refractivity contribution in [2.75, 3.05) is 13.1 Å².